The molecule has 25 heavy (non-hydrogen) atoms. The fourth-order valence-corrected chi connectivity index (χ4v) is 3.64. The molecule has 0 bridgehead atoms. The van der Waals surface area contributed by atoms with Crippen LogP contribution >= 0.6 is 15.9 Å². The largest absolute Gasteiger partial charge is 0.356 e. The molecule has 2 N–H and O–H groups in total. The van der Waals surface area contributed by atoms with Crippen molar-refractivity contribution in [2.45, 2.75) is 31.1 Å². The Bertz CT molecular complexity index is 822. The highest BCUT2D eigenvalue weighted by molar-refractivity contribution is 9.10. The van der Waals surface area contributed by atoms with Gasteiger partial charge in [-0.25, -0.2) is 13.1 Å². The molecule has 0 fully saturated rings. The number of nitrogens with zero attached hydrogens (tertiary/aromatic N) is 2. The van der Waals surface area contributed by atoms with E-state index in [1.54, 1.807) is 19.1 Å². The quantitative estimate of drug-likeness (QED) is 0.583. The van der Waals surface area contributed by atoms with Gasteiger partial charge in [0.1, 0.15) is 0 Å². The third-order valence-corrected chi connectivity index (χ3v) is 5.16. The standard InChI is InChI=1S/C15H19BrN4O4S/c1-11-19-15(24-20-11)6-3-8-17-14(21)7-9-18-25(22,23)13-5-2-4-12(16)10-13/h2,4-5,10,18H,3,6-9H2,1H3,(H,17,21). The second-order valence-electron chi connectivity index (χ2n) is 5.29. The zero-order valence-electron chi connectivity index (χ0n) is 13.7. The van der Waals surface area contributed by atoms with Gasteiger partial charge in [-0.15, -0.1) is 0 Å². The molecule has 2 rings (SSSR count). The highest BCUT2D eigenvalue weighted by Gasteiger charge is 2.14. The summed E-state index contributed by atoms with van der Waals surface area (Å²) in [6.45, 7) is 2.23. The first-order valence-corrected chi connectivity index (χ1v) is 9.95. The van der Waals surface area contributed by atoms with E-state index in [4.69, 9.17) is 4.52 Å². The van der Waals surface area contributed by atoms with Gasteiger partial charge in [-0.1, -0.05) is 27.2 Å². The third kappa shape index (κ3) is 6.56. The Balaban J connectivity index is 1.66. The van der Waals surface area contributed by atoms with Gasteiger partial charge in [-0.3, -0.25) is 4.79 Å². The Morgan fingerprint density at radius 2 is 2.12 bits per heavy atom. The summed E-state index contributed by atoms with van der Waals surface area (Å²) in [7, 11) is -3.62. The molecule has 10 heteroatoms. The predicted molar refractivity (Wildman–Crippen MR) is 94.3 cm³/mol. The molecule has 0 aliphatic heterocycles. The second-order valence-corrected chi connectivity index (χ2v) is 7.98. The van der Waals surface area contributed by atoms with Crippen molar-refractivity contribution in [2.75, 3.05) is 13.1 Å². The minimum absolute atomic E-state index is 0.0313. The summed E-state index contributed by atoms with van der Waals surface area (Å²) < 4.78 is 32.2. The van der Waals surface area contributed by atoms with Gasteiger partial charge in [0.05, 0.1) is 4.90 Å². The fraction of sp³-hybridized carbons (Fsp3) is 0.400. The van der Waals surface area contributed by atoms with Gasteiger partial charge in [-0.05, 0) is 31.5 Å². The number of aryl methyl sites for hydroxylation is 2. The molecule has 136 valence electrons. The molecule has 0 saturated heterocycles. The Morgan fingerprint density at radius 3 is 2.80 bits per heavy atom. The molecule has 0 unspecified atom stereocenters. The maximum Gasteiger partial charge on any atom is 0.240 e. The first kappa shape index (κ1) is 19.5. The van der Waals surface area contributed by atoms with Crippen LogP contribution in [0.3, 0.4) is 0 Å². The summed E-state index contributed by atoms with van der Waals surface area (Å²) in [6.07, 6.45) is 1.31. The minimum atomic E-state index is -3.62. The summed E-state index contributed by atoms with van der Waals surface area (Å²) >= 11 is 3.23. The van der Waals surface area contributed by atoms with Crippen molar-refractivity contribution in [3.8, 4) is 0 Å². The molecular weight excluding hydrogens is 412 g/mol. The van der Waals surface area contributed by atoms with E-state index in [1.807, 2.05) is 0 Å². The number of sulfonamides is 1. The maximum absolute atomic E-state index is 12.1. The number of aromatic nitrogens is 2. The molecule has 0 spiro atoms. The van der Waals surface area contributed by atoms with Crippen molar-refractivity contribution in [3.05, 3.63) is 40.5 Å². The monoisotopic (exact) mass is 430 g/mol. The van der Waals surface area contributed by atoms with Crippen LogP contribution in [-0.2, 0) is 21.2 Å². The Hall–Kier alpha value is -1.78. The number of hydrogen-bond donors (Lipinski definition) is 2. The lowest BCUT2D eigenvalue weighted by Gasteiger charge is -2.07. The zero-order chi connectivity index (χ0) is 18.3. The van der Waals surface area contributed by atoms with Crippen molar-refractivity contribution >= 4 is 31.9 Å². The van der Waals surface area contributed by atoms with Crippen LogP contribution in [0.1, 0.15) is 24.6 Å². The van der Waals surface area contributed by atoms with Gasteiger partial charge in [0.25, 0.3) is 0 Å². The van der Waals surface area contributed by atoms with Crippen LogP contribution in [0.2, 0.25) is 0 Å². The third-order valence-electron chi connectivity index (χ3n) is 3.21. The SMILES string of the molecule is Cc1noc(CCCNC(=O)CCNS(=O)(=O)c2cccc(Br)c2)n1. The summed E-state index contributed by atoms with van der Waals surface area (Å²) in [5.74, 6) is 0.893. The molecule has 1 aromatic heterocycles. The number of benzene rings is 1. The molecule has 1 amide bonds. The van der Waals surface area contributed by atoms with E-state index in [2.05, 4.69) is 36.1 Å². The molecular formula is C15H19BrN4O4S. The average Bonchev–Trinajstić information content (AvgIpc) is 2.97. The molecule has 2 aromatic rings. The molecule has 0 atom stereocenters. The van der Waals surface area contributed by atoms with Crippen LogP contribution in [0.15, 0.2) is 38.2 Å². The lowest BCUT2D eigenvalue weighted by Crippen LogP contribution is -2.31. The Labute approximate surface area is 154 Å². The van der Waals surface area contributed by atoms with Crippen molar-refractivity contribution in [3.63, 3.8) is 0 Å². The molecule has 0 radical (unpaired) electrons. The number of carbonyl (C=O) groups excluding carboxylic acids is 1. The van der Waals surface area contributed by atoms with E-state index in [-0.39, 0.29) is 23.8 Å². The molecule has 0 aliphatic carbocycles. The zero-order valence-corrected chi connectivity index (χ0v) is 16.1. The number of carbonyl (C=O) groups is 1. The fourth-order valence-electron chi connectivity index (χ4n) is 2.01. The summed E-state index contributed by atoms with van der Waals surface area (Å²) in [5.41, 5.74) is 0. The van der Waals surface area contributed by atoms with Gasteiger partial charge in [0, 0.05) is 30.4 Å². The van der Waals surface area contributed by atoms with Crippen molar-refractivity contribution in [1.29, 1.82) is 0 Å². The smallest absolute Gasteiger partial charge is 0.240 e. The Morgan fingerprint density at radius 1 is 1.32 bits per heavy atom. The first-order valence-electron chi connectivity index (χ1n) is 7.68. The highest BCUT2D eigenvalue weighted by atomic mass is 79.9. The minimum Gasteiger partial charge on any atom is -0.356 e. The molecule has 0 saturated carbocycles. The lowest BCUT2D eigenvalue weighted by atomic mass is 10.3. The number of rotatable bonds is 9. The summed E-state index contributed by atoms with van der Waals surface area (Å²) in [6, 6.07) is 6.37. The topological polar surface area (TPSA) is 114 Å². The molecule has 8 nitrogen and oxygen atoms in total. The summed E-state index contributed by atoms with van der Waals surface area (Å²) in [4.78, 5) is 15.9. The average molecular weight is 431 g/mol. The van der Waals surface area contributed by atoms with E-state index >= 15 is 0 Å². The number of hydrogen-bond acceptors (Lipinski definition) is 6. The number of nitrogens with one attached hydrogen (secondary N) is 2. The van der Waals surface area contributed by atoms with Crippen LogP contribution in [0, 0.1) is 6.92 Å². The van der Waals surface area contributed by atoms with Crippen LogP contribution in [0.25, 0.3) is 0 Å². The lowest BCUT2D eigenvalue weighted by molar-refractivity contribution is -0.120. The van der Waals surface area contributed by atoms with Gasteiger partial charge >= 0.3 is 0 Å². The Kier molecular flexibility index (Phi) is 7.09. The predicted octanol–water partition coefficient (Wildman–Crippen LogP) is 1.56. The van der Waals surface area contributed by atoms with Crippen molar-refractivity contribution in [2.24, 2.45) is 0 Å². The van der Waals surface area contributed by atoms with Crippen molar-refractivity contribution in [1.82, 2.24) is 20.2 Å². The van der Waals surface area contributed by atoms with Gasteiger partial charge in [0.2, 0.25) is 21.8 Å². The van der Waals surface area contributed by atoms with E-state index in [0.29, 0.717) is 35.6 Å². The number of halogens is 1. The van der Waals surface area contributed by atoms with Crippen molar-refractivity contribution < 1.29 is 17.7 Å². The van der Waals surface area contributed by atoms with Crippen LogP contribution in [0.5, 0.6) is 0 Å². The molecule has 0 aliphatic rings. The normalized spacial score (nSPS) is 11.4. The second kappa shape index (κ2) is 9.07. The van der Waals surface area contributed by atoms with Gasteiger partial charge < -0.3 is 9.84 Å². The van der Waals surface area contributed by atoms with Gasteiger partial charge in [0.15, 0.2) is 5.82 Å². The summed E-state index contributed by atoms with van der Waals surface area (Å²) in [5, 5.41) is 6.41. The van der Waals surface area contributed by atoms with E-state index in [0.717, 1.165) is 0 Å². The van der Waals surface area contributed by atoms with Crippen LogP contribution in [0.4, 0.5) is 0 Å². The van der Waals surface area contributed by atoms with E-state index < -0.39 is 10.0 Å². The van der Waals surface area contributed by atoms with E-state index in [1.165, 1.54) is 12.1 Å². The molecule has 1 heterocycles. The highest BCUT2D eigenvalue weighted by Crippen LogP contribution is 2.15. The van der Waals surface area contributed by atoms with E-state index in [9.17, 15) is 13.2 Å². The van der Waals surface area contributed by atoms with Gasteiger partial charge in [-0.2, -0.15) is 4.98 Å². The van der Waals surface area contributed by atoms with Crippen LogP contribution in [-0.4, -0.2) is 37.6 Å². The number of amides is 1. The first-order chi connectivity index (χ1) is 11.9. The van der Waals surface area contributed by atoms with Crippen LogP contribution < -0.4 is 10.0 Å². The molecule has 1 aromatic carbocycles. The maximum atomic E-state index is 12.1.